The summed E-state index contributed by atoms with van der Waals surface area (Å²) in [4.78, 5) is 12.3. The van der Waals surface area contributed by atoms with Crippen LogP contribution in [0.15, 0.2) is 0 Å². The van der Waals surface area contributed by atoms with Crippen LogP contribution in [0, 0.1) is 17.3 Å². The first-order valence-corrected chi connectivity index (χ1v) is 8.11. The minimum atomic E-state index is 0.285. The standard InChI is InChI=1S/C16H30N2O/c1-3-13-4-6-14(7-5-13)15(19)18-12-16(2)8-10-17-11-9-16/h13-14,17H,3-12H2,1-2H3,(H,18,19). The number of rotatable bonds is 4. The van der Waals surface area contributed by atoms with Gasteiger partial charge in [0.2, 0.25) is 5.91 Å². The summed E-state index contributed by atoms with van der Waals surface area (Å²) in [6, 6.07) is 0. The number of hydrogen-bond donors (Lipinski definition) is 2. The van der Waals surface area contributed by atoms with Gasteiger partial charge in [0.15, 0.2) is 0 Å². The van der Waals surface area contributed by atoms with Gasteiger partial charge >= 0.3 is 0 Å². The van der Waals surface area contributed by atoms with E-state index < -0.39 is 0 Å². The first kappa shape index (κ1) is 14.8. The zero-order valence-corrected chi connectivity index (χ0v) is 12.6. The van der Waals surface area contributed by atoms with E-state index in [0.29, 0.717) is 11.3 Å². The Hall–Kier alpha value is -0.570. The van der Waals surface area contributed by atoms with Crippen molar-refractivity contribution in [3.63, 3.8) is 0 Å². The second-order valence-electron chi connectivity index (χ2n) is 6.90. The molecular formula is C16H30N2O. The van der Waals surface area contributed by atoms with Crippen molar-refractivity contribution in [2.45, 2.75) is 58.8 Å². The highest BCUT2D eigenvalue weighted by Gasteiger charge is 2.30. The van der Waals surface area contributed by atoms with Crippen LogP contribution in [0.5, 0.6) is 0 Å². The molecule has 1 saturated heterocycles. The number of piperidine rings is 1. The Labute approximate surface area is 117 Å². The fourth-order valence-corrected chi connectivity index (χ4v) is 3.48. The smallest absolute Gasteiger partial charge is 0.223 e. The molecule has 1 heterocycles. The lowest BCUT2D eigenvalue weighted by Gasteiger charge is -2.35. The third-order valence-corrected chi connectivity index (χ3v) is 5.29. The lowest BCUT2D eigenvalue weighted by atomic mass is 9.79. The molecule has 2 aliphatic rings. The van der Waals surface area contributed by atoms with Crippen LogP contribution < -0.4 is 10.6 Å². The van der Waals surface area contributed by atoms with Crippen LogP contribution >= 0.6 is 0 Å². The van der Waals surface area contributed by atoms with Crippen molar-refractivity contribution in [3.05, 3.63) is 0 Å². The van der Waals surface area contributed by atoms with Gasteiger partial charge in [-0.05, 0) is 62.9 Å². The number of carbonyl (C=O) groups is 1. The summed E-state index contributed by atoms with van der Waals surface area (Å²) < 4.78 is 0. The van der Waals surface area contributed by atoms with Gasteiger partial charge in [0.05, 0.1) is 0 Å². The summed E-state index contributed by atoms with van der Waals surface area (Å²) in [7, 11) is 0. The third kappa shape index (κ3) is 4.20. The van der Waals surface area contributed by atoms with Gasteiger partial charge in [0.25, 0.3) is 0 Å². The van der Waals surface area contributed by atoms with Crippen LogP contribution in [0.4, 0.5) is 0 Å². The first-order chi connectivity index (χ1) is 9.13. The van der Waals surface area contributed by atoms with E-state index in [4.69, 9.17) is 0 Å². The van der Waals surface area contributed by atoms with Crippen molar-refractivity contribution in [1.82, 2.24) is 10.6 Å². The maximum atomic E-state index is 12.3. The molecule has 3 heteroatoms. The summed E-state index contributed by atoms with van der Waals surface area (Å²) in [6.45, 7) is 7.62. The second-order valence-corrected chi connectivity index (χ2v) is 6.90. The minimum Gasteiger partial charge on any atom is -0.355 e. The molecule has 1 aliphatic heterocycles. The molecule has 2 rings (SSSR count). The van der Waals surface area contributed by atoms with Gasteiger partial charge < -0.3 is 10.6 Å². The van der Waals surface area contributed by atoms with Crippen molar-refractivity contribution in [1.29, 1.82) is 0 Å². The van der Waals surface area contributed by atoms with Gasteiger partial charge in [-0.1, -0.05) is 20.3 Å². The highest BCUT2D eigenvalue weighted by Crippen LogP contribution is 2.31. The van der Waals surface area contributed by atoms with E-state index in [-0.39, 0.29) is 5.92 Å². The van der Waals surface area contributed by atoms with E-state index in [9.17, 15) is 4.79 Å². The highest BCUT2D eigenvalue weighted by molar-refractivity contribution is 5.78. The Balaban J connectivity index is 1.72. The Kier molecular flexibility index (Phi) is 5.26. The second kappa shape index (κ2) is 6.74. The SMILES string of the molecule is CCC1CCC(C(=O)NCC2(C)CCNCC2)CC1. The Morgan fingerprint density at radius 3 is 2.42 bits per heavy atom. The van der Waals surface area contributed by atoms with Gasteiger partial charge in [-0.3, -0.25) is 4.79 Å². The van der Waals surface area contributed by atoms with Crippen LogP contribution in [-0.4, -0.2) is 25.5 Å². The van der Waals surface area contributed by atoms with Gasteiger partial charge in [-0.2, -0.15) is 0 Å². The first-order valence-electron chi connectivity index (χ1n) is 8.11. The van der Waals surface area contributed by atoms with E-state index in [1.165, 1.54) is 32.1 Å². The summed E-state index contributed by atoms with van der Waals surface area (Å²) in [5, 5.41) is 6.62. The predicted molar refractivity (Wildman–Crippen MR) is 79.0 cm³/mol. The zero-order valence-electron chi connectivity index (χ0n) is 12.6. The molecule has 0 aromatic carbocycles. The van der Waals surface area contributed by atoms with E-state index in [1.54, 1.807) is 0 Å². The van der Waals surface area contributed by atoms with Crippen molar-refractivity contribution >= 4 is 5.91 Å². The van der Waals surface area contributed by atoms with Gasteiger partial charge in [0, 0.05) is 12.5 Å². The number of hydrogen-bond acceptors (Lipinski definition) is 2. The monoisotopic (exact) mass is 266 g/mol. The maximum Gasteiger partial charge on any atom is 0.223 e. The van der Waals surface area contributed by atoms with Gasteiger partial charge in [0.1, 0.15) is 0 Å². The number of nitrogens with one attached hydrogen (secondary N) is 2. The van der Waals surface area contributed by atoms with Crippen molar-refractivity contribution < 1.29 is 4.79 Å². The van der Waals surface area contributed by atoms with Gasteiger partial charge in [-0.25, -0.2) is 0 Å². The summed E-state index contributed by atoms with van der Waals surface area (Å²) in [5.74, 6) is 1.47. The fraction of sp³-hybridized carbons (Fsp3) is 0.938. The maximum absolute atomic E-state index is 12.3. The third-order valence-electron chi connectivity index (χ3n) is 5.29. The minimum absolute atomic E-state index is 0.285. The average Bonchev–Trinajstić information content (AvgIpc) is 2.46. The Morgan fingerprint density at radius 1 is 1.21 bits per heavy atom. The summed E-state index contributed by atoms with van der Waals surface area (Å²) >= 11 is 0. The van der Waals surface area contributed by atoms with Crippen LogP contribution in [0.25, 0.3) is 0 Å². The number of amides is 1. The molecule has 0 spiro atoms. The van der Waals surface area contributed by atoms with Crippen LogP contribution in [0.2, 0.25) is 0 Å². The molecule has 1 saturated carbocycles. The van der Waals surface area contributed by atoms with Gasteiger partial charge in [-0.15, -0.1) is 0 Å². The fourth-order valence-electron chi connectivity index (χ4n) is 3.48. The van der Waals surface area contributed by atoms with E-state index in [1.807, 2.05) is 0 Å². The molecule has 0 aromatic heterocycles. The average molecular weight is 266 g/mol. The lowest BCUT2D eigenvalue weighted by Crippen LogP contribution is -2.44. The Morgan fingerprint density at radius 2 is 1.84 bits per heavy atom. The summed E-state index contributed by atoms with van der Waals surface area (Å²) in [6.07, 6.45) is 8.32. The number of carbonyl (C=O) groups excluding carboxylic acids is 1. The zero-order chi connectivity index (χ0) is 13.7. The molecule has 2 N–H and O–H groups in total. The topological polar surface area (TPSA) is 41.1 Å². The molecular weight excluding hydrogens is 236 g/mol. The highest BCUT2D eigenvalue weighted by atomic mass is 16.1. The van der Waals surface area contributed by atoms with Crippen LogP contribution in [-0.2, 0) is 4.79 Å². The quantitative estimate of drug-likeness (QED) is 0.821. The molecule has 110 valence electrons. The van der Waals surface area contributed by atoms with Crippen LogP contribution in [0.3, 0.4) is 0 Å². The molecule has 0 unspecified atom stereocenters. The van der Waals surface area contributed by atoms with E-state index in [2.05, 4.69) is 24.5 Å². The van der Waals surface area contributed by atoms with E-state index >= 15 is 0 Å². The molecule has 0 aromatic rings. The Bertz CT molecular complexity index is 289. The molecule has 1 amide bonds. The van der Waals surface area contributed by atoms with Crippen molar-refractivity contribution in [2.24, 2.45) is 17.3 Å². The van der Waals surface area contributed by atoms with Crippen LogP contribution in [0.1, 0.15) is 58.8 Å². The molecule has 1 aliphatic carbocycles. The lowest BCUT2D eigenvalue weighted by molar-refractivity contribution is -0.126. The normalized spacial score (nSPS) is 30.8. The molecule has 19 heavy (non-hydrogen) atoms. The molecule has 0 radical (unpaired) electrons. The van der Waals surface area contributed by atoms with Crippen molar-refractivity contribution in [2.75, 3.05) is 19.6 Å². The van der Waals surface area contributed by atoms with Crippen molar-refractivity contribution in [3.8, 4) is 0 Å². The predicted octanol–water partition coefficient (Wildman–Crippen LogP) is 2.71. The molecule has 0 atom stereocenters. The van der Waals surface area contributed by atoms with E-state index in [0.717, 1.165) is 38.4 Å². The summed E-state index contributed by atoms with van der Waals surface area (Å²) in [5.41, 5.74) is 0.307. The molecule has 2 fully saturated rings. The molecule has 0 bridgehead atoms. The largest absolute Gasteiger partial charge is 0.355 e. The molecule has 3 nitrogen and oxygen atoms in total.